The third kappa shape index (κ3) is 3.37. The monoisotopic (exact) mass is 457 g/mol. The molecule has 4 aromatic rings. The number of hydrogen-bond acceptors (Lipinski definition) is 2. The zero-order valence-corrected chi connectivity index (χ0v) is 18.7. The van der Waals surface area contributed by atoms with Crippen LogP contribution >= 0.6 is 15.9 Å². The smallest absolute Gasteiger partial charge is 0.137 e. The van der Waals surface area contributed by atoms with Crippen LogP contribution in [0.5, 0.6) is 0 Å². The normalized spacial score (nSPS) is 18.1. The quantitative estimate of drug-likeness (QED) is 0.281. The standard InChI is InChI=1S/C27H24BrNO/c1-3-21-9-6-7-18(2)15-19-8-4-5-10-25(19)29(21)22-12-13-23-24-16-20(28)11-14-26(24)30-27(23)17-22/h4-6,8-14,16-17,21H,2-3,7,15H2,1H3/b9-6-. The Hall–Kier alpha value is -2.78. The van der Waals surface area contributed by atoms with Gasteiger partial charge in [0, 0.05) is 32.7 Å². The topological polar surface area (TPSA) is 16.4 Å². The Balaban J connectivity index is 1.71. The molecule has 1 aliphatic heterocycles. The minimum absolute atomic E-state index is 0.271. The lowest BCUT2D eigenvalue weighted by molar-refractivity contribution is 0.668. The molecule has 0 N–H and O–H groups in total. The molecule has 0 saturated carbocycles. The number of nitrogens with zero attached hydrogens (tertiary/aromatic N) is 1. The molecule has 0 spiro atoms. The molecule has 5 rings (SSSR count). The van der Waals surface area contributed by atoms with Gasteiger partial charge in [0.15, 0.2) is 0 Å². The third-order valence-corrected chi connectivity index (χ3v) is 6.39. The summed E-state index contributed by atoms with van der Waals surface area (Å²) in [5, 5.41) is 2.28. The lowest BCUT2D eigenvalue weighted by Crippen LogP contribution is -2.29. The van der Waals surface area contributed by atoms with Crippen molar-refractivity contribution in [3.05, 3.63) is 95.0 Å². The van der Waals surface area contributed by atoms with Crippen molar-refractivity contribution in [3.8, 4) is 0 Å². The maximum atomic E-state index is 6.21. The highest BCUT2D eigenvalue weighted by atomic mass is 79.9. The highest BCUT2D eigenvalue weighted by Gasteiger charge is 2.22. The second kappa shape index (κ2) is 7.81. The van der Waals surface area contributed by atoms with Crippen molar-refractivity contribution in [2.45, 2.75) is 32.2 Å². The first-order chi connectivity index (χ1) is 14.6. The van der Waals surface area contributed by atoms with Gasteiger partial charge in [0.2, 0.25) is 0 Å². The minimum Gasteiger partial charge on any atom is -0.456 e. The third-order valence-electron chi connectivity index (χ3n) is 5.90. The first-order valence-electron chi connectivity index (χ1n) is 10.5. The molecular weight excluding hydrogens is 434 g/mol. The second-order valence-corrected chi connectivity index (χ2v) is 8.87. The van der Waals surface area contributed by atoms with E-state index >= 15 is 0 Å². The van der Waals surface area contributed by atoms with Crippen LogP contribution < -0.4 is 4.90 Å². The van der Waals surface area contributed by atoms with E-state index in [4.69, 9.17) is 4.42 Å². The highest BCUT2D eigenvalue weighted by Crippen LogP contribution is 2.38. The number of allylic oxidation sites excluding steroid dienone is 2. The van der Waals surface area contributed by atoms with Crippen molar-refractivity contribution in [2.75, 3.05) is 4.90 Å². The van der Waals surface area contributed by atoms with E-state index in [0.717, 1.165) is 51.4 Å². The van der Waals surface area contributed by atoms with Crippen LogP contribution in [0.2, 0.25) is 0 Å². The van der Waals surface area contributed by atoms with E-state index in [1.165, 1.54) is 16.8 Å². The van der Waals surface area contributed by atoms with Gasteiger partial charge >= 0.3 is 0 Å². The number of rotatable bonds is 2. The van der Waals surface area contributed by atoms with E-state index in [9.17, 15) is 0 Å². The van der Waals surface area contributed by atoms with Gasteiger partial charge in [0.05, 0.1) is 6.04 Å². The lowest BCUT2D eigenvalue weighted by atomic mass is 10.0. The lowest BCUT2D eigenvalue weighted by Gasteiger charge is -2.33. The molecule has 1 atom stereocenters. The predicted molar refractivity (Wildman–Crippen MR) is 131 cm³/mol. The van der Waals surface area contributed by atoms with Crippen molar-refractivity contribution >= 4 is 49.2 Å². The SMILES string of the molecule is C=C1C/C=C\C(CC)N(c2ccc3c(c2)oc2ccc(Br)cc23)c2ccccc2C1. The van der Waals surface area contributed by atoms with Gasteiger partial charge in [0.25, 0.3) is 0 Å². The van der Waals surface area contributed by atoms with E-state index in [0.29, 0.717) is 0 Å². The van der Waals surface area contributed by atoms with Crippen LogP contribution in [0, 0.1) is 0 Å². The molecule has 0 fully saturated rings. The Morgan fingerprint density at radius 1 is 1.03 bits per heavy atom. The molecule has 30 heavy (non-hydrogen) atoms. The molecule has 1 unspecified atom stereocenters. The maximum absolute atomic E-state index is 6.21. The average molecular weight is 458 g/mol. The highest BCUT2D eigenvalue weighted by molar-refractivity contribution is 9.10. The molecule has 1 aromatic heterocycles. The fourth-order valence-corrected chi connectivity index (χ4v) is 4.79. The van der Waals surface area contributed by atoms with Gasteiger partial charge in [-0.1, -0.05) is 65.4 Å². The molecule has 0 saturated heterocycles. The summed E-state index contributed by atoms with van der Waals surface area (Å²) in [5.41, 5.74) is 6.79. The minimum atomic E-state index is 0.271. The summed E-state index contributed by atoms with van der Waals surface area (Å²) < 4.78 is 7.28. The van der Waals surface area contributed by atoms with Crippen LogP contribution in [0.15, 0.2) is 93.9 Å². The molecule has 3 aromatic carbocycles. The van der Waals surface area contributed by atoms with Crippen LogP contribution in [0.1, 0.15) is 25.3 Å². The van der Waals surface area contributed by atoms with Gasteiger partial charge in [-0.15, -0.1) is 0 Å². The van der Waals surface area contributed by atoms with E-state index < -0.39 is 0 Å². The molecule has 0 bridgehead atoms. The predicted octanol–water partition coefficient (Wildman–Crippen LogP) is 8.32. The Morgan fingerprint density at radius 3 is 2.77 bits per heavy atom. The summed E-state index contributed by atoms with van der Waals surface area (Å²) in [6.07, 6.45) is 7.44. The number of furan rings is 1. The van der Waals surface area contributed by atoms with E-state index in [1.54, 1.807) is 0 Å². The first-order valence-corrected chi connectivity index (χ1v) is 11.3. The number of para-hydroxylation sites is 1. The Labute approximate surface area is 185 Å². The molecule has 150 valence electrons. The van der Waals surface area contributed by atoms with E-state index in [2.05, 4.69) is 95.0 Å². The van der Waals surface area contributed by atoms with E-state index in [-0.39, 0.29) is 6.04 Å². The number of fused-ring (bicyclic) bond motifs is 4. The average Bonchev–Trinajstić information content (AvgIpc) is 3.13. The second-order valence-electron chi connectivity index (χ2n) is 7.96. The van der Waals surface area contributed by atoms with E-state index in [1.807, 2.05) is 12.1 Å². The van der Waals surface area contributed by atoms with Gasteiger partial charge in [-0.05, 0) is 61.2 Å². The van der Waals surface area contributed by atoms with Crippen molar-refractivity contribution in [1.29, 1.82) is 0 Å². The molecule has 0 aliphatic carbocycles. The van der Waals surface area contributed by atoms with Crippen LogP contribution in [0.25, 0.3) is 21.9 Å². The number of anilines is 2. The molecule has 3 heteroatoms. The van der Waals surface area contributed by atoms with Gasteiger partial charge in [-0.3, -0.25) is 0 Å². The fourth-order valence-electron chi connectivity index (χ4n) is 4.43. The summed E-state index contributed by atoms with van der Waals surface area (Å²) >= 11 is 3.58. The first kappa shape index (κ1) is 19.2. The van der Waals surface area contributed by atoms with Gasteiger partial charge in [-0.2, -0.15) is 0 Å². The summed E-state index contributed by atoms with van der Waals surface area (Å²) in [7, 11) is 0. The largest absolute Gasteiger partial charge is 0.456 e. The summed E-state index contributed by atoms with van der Waals surface area (Å²) in [6.45, 7) is 6.53. The van der Waals surface area contributed by atoms with Crippen molar-refractivity contribution in [3.63, 3.8) is 0 Å². The fraction of sp³-hybridized carbons (Fsp3) is 0.185. The van der Waals surface area contributed by atoms with Crippen molar-refractivity contribution in [1.82, 2.24) is 0 Å². The van der Waals surface area contributed by atoms with Crippen LogP contribution in [-0.4, -0.2) is 6.04 Å². The number of hydrogen-bond donors (Lipinski definition) is 0. The van der Waals surface area contributed by atoms with Crippen LogP contribution in [-0.2, 0) is 6.42 Å². The van der Waals surface area contributed by atoms with Crippen LogP contribution in [0.3, 0.4) is 0 Å². The Morgan fingerprint density at radius 2 is 1.90 bits per heavy atom. The molecule has 0 radical (unpaired) electrons. The van der Waals surface area contributed by atoms with Gasteiger partial charge in [-0.25, -0.2) is 0 Å². The molecular formula is C27H24BrNO. The summed E-state index contributed by atoms with van der Waals surface area (Å²) in [6, 6.07) is 21.7. The Bertz CT molecular complexity index is 1280. The van der Waals surface area contributed by atoms with Crippen molar-refractivity contribution in [2.24, 2.45) is 0 Å². The summed E-state index contributed by atoms with van der Waals surface area (Å²) in [4.78, 5) is 2.45. The van der Waals surface area contributed by atoms with Crippen molar-refractivity contribution < 1.29 is 4.42 Å². The molecule has 0 amide bonds. The summed E-state index contributed by atoms with van der Waals surface area (Å²) in [5.74, 6) is 0. The maximum Gasteiger partial charge on any atom is 0.137 e. The molecule has 2 heterocycles. The number of benzene rings is 3. The zero-order valence-electron chi connectivity index (χ0n) is 17.1. The molecule has 1 aliphatic rings. The van der Waals surface area contributed by atoms with Gasteiger partial charge < -0.3 is 9.32 Å². The Kier molecular flexibility index (Phi) is 5.00. The van der Waals surface area contributed by atoms with Gasteiger partial charge in [0.1, 0.15) is 11.2 Å². The molecule has 2 nitrogen and oxygen atoms in total. The van der Waals surface area contributed by atoms with Crippen LogP contribution in [0.4, 0.5) is 11.4 Å². The number of halogens is 1. The zero-order chi connectivity index (χ0) is 20.7.